The Hall–Kier alpha value is -0.220. The zero-order valence-corrected chi connectivity index (χ0v) is 10.2. The number of rotatable bonds is 3. The van der Waals surface area contributed by atoms with Crippen molar-refractivity contribution in [2.45, 2.75) is 6.92 Å². The van der Waals surface area contributed by atoms with Crippen LogP contribution in [0, 0.1) is 3.57 Å². The second-order valence-corrected chi connectivity index (χ2v) is 4.05. The SMILES string of the molecule is C/C=C/COc1ccc(Cl)cc1I. The molecule has 13 heavy (non-hydrogen) atoms. The summed E-state index contributed by atoms with van der Waals surface area (Å²) in [7, 11) is 0. The lowest BCUT2D eigenvalue weighted by molar-refractivity contribution is 0.360. The molecule has 1 rings (SSSR count). The normalized spacial score (nSPS) is 10.7. The van der Waals surface area contributed by atoms with Crippen molar-refractivity contribution in [2.24, 2.45) is 0 Å². The molecule has 0 unspecified atom stereocenters. The van der Waals surface area contributed by atoms with Crippen molar-refractivity contribution in [3.63, 3.8) is 0 Å². The average molecular weight is 309 g/mol. The molecule has 1 aromatic rings. The monoisotopic (exact) mass is 308 g/mol. The number of allylic oxidation sites excluding steroid dienone is 1. The first-order valence-corrected chi connectivity index (χ1v) is 5.38. The van der Waals surface area contributed by atoms with Gasteiger partial charge in [-0.15, -0.1) is 0 Å². The van der Waals surface area contributed by atoms with Crippen LogP contribution in [-0.4, -0.2) is 6.61 Å². The first kappa shape index (κ1) is 10.9. The number of hydrogen-bond donors (Lipinski definition) is 0. The Morgan fingerprint density at radius 2 is 2.31 bits per heavy atom. The van der Waals surface area contributed by atoms with Crippen molar-refractivity contribution >= 4 is 34.2 Å². The van der Waals surface area contributed by atoms with Gasteiger partial charge in [-0.3, -0.25) is 0 Å². The van der Waals surface area contributed by atoms with Gasteiger partial charge in [-0.25, -0.2) is 0 Å². The minimum atomic E-state index is 0.605. The molecule has 0 aliphatic carbocycles. The highest BCUT2D eigenvalue weighted by atomic mass is 127. The largest absolute Gasteiger partial charge is 0.488 e. The highest BCUT2D eigenvalue weighted by Crippen LogP contribution is 2.24. The van der Waals surface area contributed by atoms with Crippen LogP contribution in [0.3, 0.4) is 0 Å². The fourth-order valence-electron chi connectivity index (χ4n) is 0.826. The fourth-order valence-corrected chi connectivity index (χ4v) is 1.85. The second-order valence-electron chi connectivity index (χ2n) is 2.45. The Bertz CT molecular complexity index is 310. The van der Waals surface area contributed by atoms with Crippen LogP contribution in [0.4, 0.5) is 0 Å². The summed E-state index contributed by atoms with van der Waals surface area (Å²) in [5, 5.41) is 0.739. The first-order chi connectivity index (χ1) is 6.24. The van der Waals surface area contributed by atoms with E-state index < -0.39 is 0 Å². The van der Waals surface area contributed by atoms with E-state index in [0.717, 1.165) is 14.3 Å². The van der Waals surface area contributed by atoms with Gasteiger partial charge >= 0.3 is 0 Å². The van der Waals surface area contributed by atoms with Gasteiger partial charge in [-0.2, -0.15) is 0 Å². The highest BCUT2D eigenvalue weighted by Gasteiger charge is 1.99. The molecule has 0 bridgehead atoms. The molecule has 0 fully saturated rings. The van der Waals surface area contributed by atoms with Crippen molar-refractivity contribution in [3.05, 3.63) is 38.9 Å². The van der Waals surface area contributed by atoms with Crippen molar-refractivity contribution in [3.8, 4) is 5.75 Å². The predicted octanol–water partition coefficient (Wildman–Crippen LogP) is 3.90. The lowest BCUT2D eigenvalue weighted by Gasteiger charge is -2.05. The summed E-state index contributed by atoms with van der Waals surface area (Å²) in [6.45, 7) is 2.57. The van der Waals surface area contributed by atoms with Gasteiger partial charge in [0.2, 0.25) is 0 Å². The van der Waals surface area contributed by atoms with Gasteiger partial charge in [0.25, 0.3) is 0 Å². The first-order valence-electron chi connectivity index (χ1n) is 3.93. The smallest absolute Gasteiger partial charge is 0.133 e. The summed E-state index contributed by atoms with van der Waals surface area (Å²) >= 11 is 8.01. The molecule has 0 radical (unpaired) electrons. The number of benzene rings is 1. The van der Waals surface area contributed by atoms with Crippen LogP contribution in [0.25, 0.3) is 0 Å². The number of halogens is 2. The molecule has 3 heteroatoms. The maximum Gasteiger partial charge on any atom is 0.133 e. The molecular formula is C10H10ClIO. The Labute approximate surface area is 96.9 Å². The van der Waals surface area contributed by atoms with Crippen LogP contribution >= 0.6 is 34.2 Å². The summed E-state index contributed by atoms with van der Waals surface area (Å²) in [4.78, 5) is 0. The molecule has 0 amide bonds. The third-order valence-electron chi connectivity index (χ3n) is 1.46. The van der Waals surface area contributed by atoms with E-state index in [0.29, 0.717) is 6.61 Å². The predicted molar refractivity (Wildman–Crippen MR) is 64.5 cm³/mol. The summed E-state index contributed by atoms with van der Waals surface area (Å²) in [6, 6.07) is 5.59. The molecule has 0 aromatic heterocycles. The molecule has 0 aliphatic rings. The molecule has 0 aliphatic heterocycles. The summed E-state index contributed by atoms with van der Waals surface area (Å²) < 4.78 is 6.52. The number of hydrogen-bond acceptors (Lipinski definition) is 1. The van der Waals surface area contributed by atoms with Gasteiger partial charge in [-0.1, -0.05) is 23.8 Å². The Balaban J connectivity index is 2.66. The molecule has 0 atom stereocenters. The van der Waals surface area contributed by atoms with Crippen molar-refractivity contribution < 1.29 is 4.74 Å². The van der Waals surface area contributed by atoms with Crippen molar-refractivity contribution in [1.29, 1.82) is 0 Å². The lowest BCUT2D eigenvalue weighted by Crippen LogP contribution is -1.94. The van der Waals surface area contributed by atoms with Gasteiger partial charge in [0.05, 0.1) is 3.57 Å². The van der Waals surface area contributed by atoms with Gasteiger partial charge in [-0.05, 0) is 47.7 Å². The fraction of sp³-hybridized carbons (Fsp3) is 0.200. The van der Waals surface area contributed by atoms with Crippen LogP contribution in [0.5, 0.6) is 5.75 Å². The molecule has 1 nitrogen and oxygen atoms in total. The van der Waals surface area contributed by atoms with E-state index in [9.17, 15) is 0 Å². The zero-order valence-electron chi connectivity index (χ0n) is 7.26. The lowest BCUT2D eigenvalue weighted by atomic mass is 10.3. The van der Waals surface area contributed by atoms with Crippen LogP contribution in [0.2, 0.25) is 5.02 Å². The van der Waals surface area contributed by atoms with Gasteiger partial charge < -0.3 is 4.74 Å². The van der Waals surface area contributed by atoms with Gasteiger partial charge in [0.1, 0.15) is 12.4 Å². The minimum absolute atomic E-state index is 0.605. The average Bonchev–Trinajstić information content (AvgIpc) is 2.09. The molecule has 70 valence electrons. The third kappa shape index (κ3) is 3.56. The Morgan fingerprint density at radius 3 is 2.92 bits per heavy atom. The molecule has 1 aromatic carbocycles. The zero-order chi connectivity index (χ0) is 9.68. The molecular weight excluding hydrogens is 298 g/mol. The summed E-state index contributed by atoms with van der Waals surface area (Å²) in [5.74, 6) is 0.878. The van der Waals surface area contributed by atoms with E-state index in [2.05, 4.69) is 22.6 Å². The van der Waals surface area contributed by atoms with E-state index >= 15 is 0 Å². The quantitative estimate of drug-likeness (QED) is 0.608. The highest BCUT2D eigenvalue weighted by molar-refractivity contribution is 14.1. The van der Waals surface area contributed by atoms with E-state index in [1.165, 1.54) is 0 Å². The Kier molecular flexibility index (Phi) is 4.59. The second kappa shape index (κ2) is 5.50. The minimum Gasteiger partial charge on any atom is -0.488 e. The van der Waals surface area contributed by atoms with Crippen molar-refractivity contribution in [1.82, 2.24) is 0 Å². The van der Waals surface area contributed by atoms with Gasteiger partial charge in [0, 0.05) is 5.02 Å². The van der Waals surface area contributed by atoms with E-state index in [-0.39, 0.29) is 0 Å². The molecule has 0 N–H and O–H groups in total. The van der Waals surface area contributed by atoms with Crippen LogP contribution < -0.4 is 4.74 Å². The van der Waals surface area contributed by atoms with E-state index in [1.807, 2.05) is 37.3 Å². The number of ether oxygens (including phenoxy) is 1. The Morgan fingerprint density at radius 1 is 1.54 bits per heavy atom. The van der Waals surface area contributed by atoms with Crippen LogP contribution in [-0.2, 0) is 0 Å². The molecule has 0 saturated heterocycles. The van der Waals surface area contributed by atoms with Crippen LogP contribution in [0.1, 0.15) is 6.92 Å². The van der Waals surface area contributed by atoms with Crippen molar-refractivity contribution in [2.75, 3.05) is 6.61 Å². The molecule has 0 heterocycles. The standard InChI is InChI=1S/C10H10ClIO/c1-2-3-6-13-10-5-4-8(11)7-9(10)12/h2-5,7H,6H2,1H3/b3-2+. The van der Waals surface area contributed by atoms with E-state index in [4.69, 9.17) is 16.3 Å². The molecule has 0 saturated carbocycles. The third-order valence-corrected chi connectivity index (χ3v) is 2.54. The van der Waals surface area contributed by atoms with E-state index in [1.54, 1.807) is 0 Å². The van der Waals surface area contributed by atoms with Crippen LogP contribution in [0.15, 0.2) is 30.4 Å². The maximum absolute atomic E-state index is 5.80. The summed E-state index contributed by atoms with van der Waals surface area (Å²) in [5.41, 5.74) is 0. The maximum atomic E-state index is 5.80. The molecule has 0 spiro atoms. The summed E-state index contributed by atoms with van der Waals surface area (Å²) in [6.07, 6.45) is 3.92. The van der Waals surface area contributed by atoms with Gasteiger partial charge in [0.15, 0.2) is 0 Å². The topological polar surface area (TPSA) is 9.23 Å².